The average Bonchev–Trinajstić information content (AvgIpc) is 3.32. The first-order chi connectivity index (χ1) is 10.9. The lowest BCUT2D eigenvalue weighted by Crippen LogP contribution is -2.39. The zero-order valence-electron chi connectivity index (χ0n) is 13.2. The van der Waals surface area contributed by atoms with E-state index < -0.39 is 10.0 Å². The van der Waals surface area contributed by atoms with E-state index in [2.05, 4.69) is 4.98 Å². The van der Waals surface area contributed by atoms with Crippen LogP contribution in [0.4, 0.5) is 0 Å². The maximum atomic E-state index is 13.1. The third-order valence-corrected chi connectivity index (χ3v) is 6.75. The summed E-state index contributed by atoms with van der Waals surface area (Å²) in [7, 11) is -2.06. The van der Waals surface area contributed by atoms with E-state index in [1.807, 2.05) is 37.3 Å². The highest BCUT2D eigenvalue weighted by Gasteiger charge is 2.40. The van der Waals surface area contributed by atoms with Crippen LogP contribution >= 0.6 is 11.6 Å². The molecular weight excluding hydrogens is 334 g/mol. The monoisotopic (exact) mass is 353 g/mol. The minimum absolute atomic E-state index is 0.0647. The molecule has 0 amide bonds. The van der Waals surface area contributed by atoms with Gasteiger partial charge in [0.05, 0.1) is 6.33 Å². The van der Waals surface area contributed by atoms with Crippen LogP contribution in [-0.4, -0.2) is 28.3 Å². The first-order valence-corrected chi connectivity index (χ1v) is 9.45. The molecule has 1 aliphatic carbocycles. The molecule has 0 aliphatic heterocycles. The third-order valence-electron chi connectivity index (χ3n) is 4.33. The van der Waals surface area contributed by atoms with Gasteiger partial charge in [0.15, 0.2) is 0 Å². The summed E-state index contributed by atoms with van der Waals surface area (Å²) in [5, 5.41) is 0.0798. The largest absolute Gasteiger partial charge is 0.324 e. The molecule has 7 heteroatoms. The first-order valence-electron chi connectivity index (χ1n) is 7.64. The Morgan fingerprint density at radius 2 is 2.00 bits per heavy atom. The molecule has 1 saturated carbocycles. The topological polar surface area (TPSA) is 55.2 Å². The molecule has 0 spiro atoms. The van der Waals surface area contributed by atoms with Crippen LogP contribution in [0.5, 0.6) is 0 Å². The van der Waals surface area contributed by atoms with E-state index in [4.69, 9.17) is 11.6 Å². The van der Waals surface area contributed by atoms with Gasteiger partial charge in [-0.1, -0.05) is 41.9 Å². The Bertz CT molecular complexity index is 785. The highest BCUT2D eigenvalue weighted by atomic mass is 35.5. The van der Waals surface area contributed by atoms with Crippen LogP contribution in [-0.2, 0) is 23.6 Å². The van der Waals surface area contributed by atoms with Crippen LogP contribution in [0.1, 0.15) is 25.3 Å². The predicted octanol–water partition coefficient (Wildman–Crippen LogP) is 3.06. The van der Waals surface area contributed by atoms with Crippen molar-refractivity contribution in [3.8, 4) is 0 Å². The minimum atomic E-state index is -3.74. The number of aromatic nitrogens is 2. The average molecular weight is 354 g/mol. The fourth-order valence-corrected chi connectivity index (χ4v) is 4.78. The quantitative estimate of drug-likeness (QED) is 0.802. The van der Waals surface area contributed by atoms with Gasteiger partial charge in [-0.15, -0.1) is 0 Å². The van der Waals surface area contributed by atoms with E-state index in [1.54, 1.807) is 7.05 Å². The van der Waals surface area contributed by atoms with Crippen LogP contribution in [0.25, 0.3) is 0 Å². The van der Waals surface area contributed by atoms with Crippen LogP contribution in [0.3, 0.4) is 0 Å². The number of hydrogen-bond acceptors (Lipinski definition) is 3. The van der Waals surface area contributed by atoms with Gasteiger partial charge in [-0.25, -0.2) is 13.4 Å². The van der Waals surface area contributed by atoms with E-state index in [0.29, 0.717) is 12.5 Å². The molecule has 124 valence electrons. The molecule has 3 rings (SSSR count). The number of rotatable bonds is 6. The van der Waals surface area contributed by atoms with E-state index in [9.17, 15) is 8.42 Å². The molecule has 5 nitrogen and oxygen atoms in total. The highest BCUT2D eigenvalue weighted by molar-refractivity contribution is 7.89. The Morgan fingerprint density at radius 1 is 1.35 bits per heavy atom. The smallest absolute Gasteiger partial charge is 0.264 e. The van der Waals surface area contributed by atoms with Gasteiger partial charge in [-0.3, -0.25) is 0 Å². The van der Waals surface area contributed by atoms with Crippen molar-refractivity contribution in [1.29, 1.82) is 0 Å². The second-order valence-corrected chi connectivity index (χ2v) is 8.23. The Labute approximate surface area is 141 Å². The predicted molar refractivity (Wildman–Crippen MR) is 89.6 cm³/mol. The van der Waals surface area contributed by atoms with Crippen LogP contribution in [0.2, 0.25) is 5.15 Å². The highest BCUT2D eigenvalue weighted by Crippen LogP contribution is 2.38. The number of nitrogens with zero attached hydrogens (tertiary/aromatic N) is 3. The van der Waals surface area contributed by atoms with Gasteiger partial charge in [0.25, 0.3) is 10.0 Å². The van der Waals surface area contributed by atoms with Gasteiger partial charge in [-0.05, 0) is 31.2 Å². The molecule has 1 heterocycles. The summed E-state index contributed by atoms with van der Waals surface area (Å²) in [6.07, 6.45) is 3.56. The lowest BCUT2D eigenvalue weighted by atomic mass is 10.2. The Balaban J connectivity index is 1.98. The fraction of sp³-hybridized carbons (Fsp3) is 0.438. The molecule has 2 aromatic rings. The van der Waals surface area contributed by atoms with Crippen LogP contribution in [0.15, 0.2) is 41.7 Å². The molecule has 0 radical (unpaired) electrons. The van der Waals surface area contributed by atoms with Gasteiger partial charge < -0.3 is 4.57 Å². The molecule has 1 fully saturated rings. The van der Waals surface area contributed by atoms with Crippen molar-refractivity contribution in [2.75, 3.05) is 0 Å². The summed E-state index contributed by atoms with van der Waals surface area (Å²) in [5.74, 6) is 0.413. The summed E-state index contributed by atoms with van der Waals surface area (Å²) in [6.45, 7) is 2.29. The second kappa shape index (κ2) is 6.26. The second-order valence-electron chi connectivity index (χ2n) is 6.07. The molecular formula is C16H20ClN3O2S. The standard InChI is InChI=1S/C16H20ClN3O2S/c1-12(14-8-9-14)20(10-13-6-4-3-5-7-13)23(21,22)16-15(17)19(2)11-18-16/h3-7,11-12,14H,8-10H2,1-2H3/t12-/m1/s1. The molecule has 1 aliphatic rings. The molecule has 0 bridgehead atoms. The molecule has 1 aromatic carbocycles. The molecule has 23 heavy (non-hydrogen) atoms. The fourth-order valence-electron chi connectivity index (χ4n) is 2.70. The molecule has 0 unspecified atom stereocenters. The van der Waals surface area contributed by atoms with Crippen molar-refractivity contribution in [1.82, 2.24) is 13.9 Å². The van der Waals surface area contributed by atoms with Crippen LogP contribution < -0.4 is 0 Å². The Hall–Kier alpha value is -1.37. The van der Waals surface area contributed by atoms with Crippen molar-refractivity contribution in [2.24, 2.45) is 13.0 Å². The van der Waals surface area contributed by atoms with E-state index >= 15 is 0 Å². The third kappa shape index (κ3) is 3.29. The number of benzene rings is 1. The van der Waals surface area contributed by atoms with Crippen molar-refractivity contribution < 1.29 is 8.42 Å². The number of aryl methyl sites for hydroxylation is 1. The maximum absolute atomic E-state index is 13.1. The Morgan fingerprint density at radius 3 is 2.52 bits per heavy atom. The molecule has 0 N–H and O–H groups in total. The summed E-state index contributed by atoms with van der Waals surface area (Å²) < 4.78 is 29.3. The van der Waals surface area contributed by atoms with Gasteiger partial charge in [-0.2, -0.15) is 4.31 Å². The van der Waals surface area contributed by atoms with Gasteiger partial charge in [0.2, 0.25) is 5.03 Å². The van der Waals surface area contributed by atoms with Crippen molar-refractivity contribution >= 4 is 21.6 Å². The normalized spacial score (nSPS) is 16.7. The van der Waals surface area contributed by atoms with Crippen molar-refractivity contribution in [2.45, 2.75) is 37.4 Å². The van der Waals surface area contributed by atoms with E-state index in [-0.39, 0.29) is 16.2 Å². The maximum Gasteiger partial charge on any atom is 0.264 e. The summed E-state index contributed by atoms with van der Waals surface area (Å²) in [6, 6.07) is 9.54. The molecule has 0 saturated heterocycles. The van der Waals surface area contributed by atoms with Gasteiger partial charge in [0, 0.05) is 19.6 Å². The molecule has 1 atom stereocenters. The number of imidazole rings is 1. The Kier molecular flexibility index (Phi) is 4.49. The zero-order chi connectivity index (χ0) is 16.6. The lowest BCUT2D eigenvalue weighted by Gasteiger charge is -2.28. The van der Waals surface area contributed by atoms with Crippen molar-refractivity contribution in [3.63, 3.8) is 0 Å². The van der Waals surface area contributed by atoms with Gasteiger partial charge in [0.1, 0.15) is 5.15 Å². The van der Waals surface area contributed by atoms with Crippen LogP contribution in [0, 0.1) is 5.92 Å². The van der Waals surface area contributed by atoms with Gasteiger partial charge >= 0.3 is 0 Å². The first kappa shape index (κ1) is 16.5. The number of halogens is 1. The molecule has 1 aromatic heterocycles. The van der Waals surface area contributed by atoms with Crippen molar-refractivity contribution in [3.05, 3.63) is 47.4 Å². The summed E-state index contributed by atoms with van der Waals surface area (Å²) in [4.78, 5) is 4.01. The van der Waals surface area contributed by atoms with E-state index in [1.165, 1.54) is 15.2 Å². The summed E-state index contributed by atoms with van der Waals surface area (Å²) >= 11 is 6.13. The van der Waals surface area contributed by atoms with E-state index in [0.717, 1.165) is 18.4 Å². The number of sulfonamides is 1. The minimum Gasteiger partial charge on any atom is -0.324 e. The number of hydrogen-bond donors (Lipinski definition) is 0. The zero-order valence-corrected chi connectivity index (χ0v) is 14.8. The summed E-state index contributed by atoms with van der Waals surface area (Å²) in [5.41, 5.74) is 0.954. The lowest BCUT2D eigenvalue weighted by molar-refractivity contribution is 0.302. The SMILES string of the molecule is C[C@H](C1CC1)N(Cc1ccccc1)S(=O)(=O)c1ncn(C)c1Cl.